The van der Waals surface area contributed by atoms with E-state index in [4.69, 9.17) is 4.74 Å². The second kappa shape index (κ2) is 6.70. The van der Waals surface area contributed by atoms with E-state index in [-0.39, 0.29) is 18.4 Å². The van der Waals surface area contributed by atoms with Crippen molar-refractivity contribution in [1.29, 1.82) is 0 Å². The number of nitrogens with zero attached hydrogens (tertiary/aromatic N) is 2. The molecule has 0 bridgehead atoms. The maximum atomic E-state index is 12.2. The zero-order valence-corrected chi connectivity index (χ0v) is 13.7. The maximum absolute atomic E-state index is 12.2. The van der Waals surface area contributed by atoms with Crippen LogP contribution in [0.5, 0.6) is 5.75 Å². The molecule has 1 aliphatic heterocycles. The summed E-state index contributed by atoms with van der Waals surface area (Å²) in [6.45, 7) is 4.77. The Bertz CT molecular complexity index is 759. The number of nitrogens with one attached hydrogen (secondary N) is 1. The first kappa shape index (κ1) is 16.0. The molecule has 0 saturated heterocycles. The number of hydrogen-bond donors (Lipinski definition) is 1. The fourth-order valence-corrected chi connectivity index (χ4v) is 2.55. The Labute approximate surface area is 140 Å². The van der Waals surface area contributed by atoms with Crippen LogP contribution in [-0.4, -0.2) is 29.9 Å². The summed E-state index contributed by atoms with van der Waals surface area (Å²) in [5.74, 6) is 0.654. The lowest BCUT2D eigenvalue weighted by Gasteiger charge is -2.31. The fraction of sp³-hybridized carbons (Fsp3) is 0.278. The predicted molar refractivity (Wildman–Crippen MR) is 91.3 cm³/mol. The van der Waals surface area contributed by atoms with E-state index in [1.807, 2.05) is 0 Å². The molecule has 0 saturated carbocycles. The molecule has 0 atom stereocenters. The van der Waals surface area contributed by atoms with Gasteiger partial charge in [-0.15, -0.1) is 0 Å². The lowest BCUT2D eigenvalue weighted by Crippen LogP contribution is -2.40. The highest BCUT2D eigenvalue weighted by atomic mass is 16.5. The van der Waals surface area contributed by atoms with Crippen LogP contribution >= 0.6 is 0 Å². The Morgan fingerprint density at radius 1 is 1.38 bits per heavy atom. The molecule has 0 radical (unpaired) electrons. The van der Waals surface area contributed by atoms with E-state index >= 15 is 0 Å². The Morgan fingerprint density at radius 3 is 2.92 bits per heavy atom. The molecule has 6 nitrogen and oxygen atoms in total. The molecule has 24 heavy (non-hydrogen) atoms. The van der Waals surface area contributed by atoms with Crippen LogP contribution in [0, 0.1) is 5.92 Å². The summed E-state index contributed by atoms with van der Waals surface area (Å²) in [5.41, 5.74) is 1.83. The van der Waals surface area contributed by atoms with Crippen molar-refractivity contribution in [1.82, 2.24) is 4.98 Å². The average molecular weight is 325 g/mol. The van der Waals surface area contributed by atoms with Crippen LogP contribution in [0.15, 0.2) is 42.7 Å². The summed E-state index contributed by atoms with van der Waals surface area (Å²) in [6.07, 6.45) is 3.12. The summed E-state index contributed by atoms with van der Waals surface area (Å²) >= 11 is 0. The van der Waals surface area contributed by atoms with Crippen LogP contribution in [0.25, 0.3) is 0 Å². The van der Waals surface area contributed by atoms with Gasteiger partial charge in [0.2, 0.25) is 0 Å². The second-order valence-corrected chi connectivity index (χ2v) is 6.07. The van der Waals surface area contributed by atoms with Crippen LogP contribution in [0.1, 0.15) is 24.2 Å². The summed E-state index contributed by atoms with van der Waals surface area (Å²) in [5, 5.41) is 2.81. The van der Waals surface area contributed by atoms with E-state index in [1.165, 1.54) is 6.20 Å². The summed E-state index contributed by atoms with van der Waals surface area (Å²) < 4.78 is 5.52. The van der Waals surface area contributed by atoms with E-state index in [1.54, 1.807) is 41.4 Å². The molecule has 2 heterocycles. The fourth-order valence-electron chi connectivity index (χ4n) is 2.55. The average Bonchev–Trinajstić information content (AvgIpc) is 2.58. The molecule has 0 aliphatic carbocycles. The van der Waals surface area contributed by atoms with Crippen molar-refractivity contribution in [2.45, 2.75) is 13.8 Å². The van der Waals surface area contributed by atoms with E-state index in [0.29, 0.717) is 29.5 Å². The molecular formula is C18H19N3O3. The highest BCUT2D eigenvalue weighted by Gasteiger charge is 2.26. The van der Waals surface area contributed by atoms with Crippen molar-refractivity contribution >= 4 is 23.2 Å². The van der Waals surface area contributed by atoms with Gasteiger partial charge in [-0.05, 0) is 30.2 Å². The topological polar surface area (TPSA) is 71.5 Å². The van der Waals surface area contributed by atoms with Gasteiger partial charge in [0, 0.05) is 30.7 Å². The van der Waals surface area contributed by atoms with Gasteiger partial charge in [0.1, 0.15) is 5.75 Å². The van der Waals surface area contributed by atoms with Crippen LogP contribution in [0.4, 0.5) is 11.4 Å². The Balaban J connectivity index is 1.81. The number of anilines is 2. The van der Waals surface area contributed by atoms with E-state index in [2.05, 4.69) is 24.1 Å². The van der Waals surface area contributed by atoms with E-state index < -0.39 is 0 Å². The minimum Gasteiger partial charge on any atom is -0.481 e. The Kier molecular flexibility index (Phi) is 4.46. The van der Waals surface area contributed by atoms with Crippen LogP contribution < -0.4 is 15.0 Å². The number of carbonyl (C=O) groups is 2. The molecule has 1 aromatic carbocycles. The predicted octanol–water partition coefficient (Wildman–Crippen LogP) is 2.72. The van der Waals surface area contributed by atoms with Gasteiger partial charge in [0.15, 0.2) is 6.61 Å². The normalized spacial score (nSPS) is 13.5. The number of benzene rings is 1. The maximum Gasteiger partial charge on any atom is 0.265 e. The zero-order valence-electron chi connectivity index (χ0n) is 13.7. The van der Waals surface area contributed by atoms with Gasteiger partial charge in [-0.3, -0.25) is 14.6 Å². The van der Waals surface area contributed by atoms with Crippen LogP contribution in [-0.2, 0) is 4.79 Å². The molecule has 2 aromatic rings. The lowest BCUT2D eigenvalue weighted by atomic mass is 10.1. The van der Waals surface area contributed by atoms with Gasteiger partial charge < -0.3 is 15.0 Å². The van der Waals surface area contributed by atoms with Crippen molar-refractivity contribution in [3.63, 3.8) is 0 Å². The number of fused-ring (bicyclic) bond motifs is 1. The highest BCUT2D eigenvalue weighted by Crippen LogP contribution is 2.35. The first-order chi connectivity index (χ1) is 11.5. The third-order valence-corrected chi connectivity index (χ3v) is 3.63. The number of ether oxygens (including phenoxy) is 1. The monoisotopic (exact) mass is 325 g/mol. The molecule has 1 N–H and O–H groups in total. The molecule has 124 valence electrons. The third kappa shape index (κ3) is 3.37. The van der Waals surface area contributed by atoms with Crippen LogP contribution in [0.2, 0.25) is 0 Å². The van der Waals surface area contributed by atoms with Crippen molar-refractivity contribution in [2.75, 3.05) is 23.4 Å². The zero-order chi connectivity index (χ0) is 17.1. The van der Waals surface area contributed by atoms with Gasteiger partial charge in [0.25, 0.3) is 11.8 Å². The van der Waals surface area contributed by atoms with Gasteiger partial charge >= 0.3 is 0 Å². The van der Waals surface area contributed by atoms with Gasteiger partial charge in [-0.1, -0.05) is 13.8 Å². The SMILES string of the molecule is CC(C)CN1C(=O)COc2cc(NC(=O)c3cccnc3)ccc21. The van der Waals surface area contributed by atoms with Crippen molar-refractivity contribution in [2.24, 2.45) is 5.92 Å². The molecule has 1 aromatic heterocycles. The molecule has 3 rings (SSSR count). The summed E-state index contributed by atoms with van der Waals surface area (Å²) in [4.78, 5) is 29.9. The number of pyridine rings is 1. The van der Waals surface area contributed by atoms with Crippen molar-refractivity contribution < 1.29 is 14.3 Å². The number of amides is 2. The number of hydrogen-bond acceptors (Lipinski definition) is 4. The van der Waals surface area contributed by atoms with Gasteiger partial charge in [-0.25, -0.2) is 0 Å². The lowest BCUT2D eigenvalue weighted by molar-refractivity contribution is -0.121. The van der Waals surface area contributed by atoms with Gasteiger partial charge in [-0.2, -0.15) is 0 Å². The molecule has 0 unspecified atom stereocenters. The molecule has 2 amide bonds. The first-order valence-corrected chi connectivity index (χ1v) is 7.83. The summed E-state index contributed by atoms with van der Waals surface area (Å²) in [7, 11) is 0. The quantitative estimate of drug-likeness (QED) is 0.938. The molecular weight excluding hydrogens is 306 g/mol. The van der Waals surface area contributed by atoms with Crippen molar-refractivity contribution in [3.05, 3.63) is 48.3 Å². The minimum absolute atomic E-state index is 0.0136. The Hall–Kier alpha value is -2.89. The van der Waals surface area contributed by atoms with Crippen molar-refractivity contribution in [3.8, 4) is 5.75 Å². The molecule has 0 spiro atoms. The highest BCUT2D eigenvalue weighted by molar-refractivity contribution is 6.04. The standard InChI is InChI=1S/C18H19N3O3/c1-12(2)10-21-15-6-5-14(8-16(15)24-11-17(21)22)20-18(23)13-4-3-7-19-9-13/h3-9,12H,10-11H2,1-2H3,(H,20,23). The minimum atomic E-state index is -0.242. The number of rotatable bonds is 4. The third-order valence-electron chi connectivity index (χ3n) is 3.63. The molecule has 6 heteroatoms. The Morgan fingerprint density at radius 2 is 2.21 bits per heavy atom. The number of aromatic nitrogens is 1. The largest absolute Gasteiger partial charge is 0.481 e. The second-order valence-electron chi connectivity index (χ2n) is 6.07. The van der Waals surface area contributed by atoms with E-state index in [0.717, 1.165) is 5.69 Å². The summed E-state index contributed by atoms with van der Waals surface area (Å²) in [6, 6.07) is 8.71. The van der Waals surface area contributed by atoms with Gasteiger partial charge in [0.05, 0.1) is 11.3 Å². The van der Waals surface area contributed by atoms with Crippen LogP contribution in [0.3, 0.4) is 0 Å². The molecule has 0 fully saturated rings. The number of carbonyl (C=O) groups excluding carboxylic acids is 2. The molecule has 1 aliphatic rings. The smallest absolute Gasteiger partial charge is 0.265 e. The van der Waals surface area contributed by atoms with E-state index in [9.17, 15) is 9.59 Å². The first-order valence-electron chi connectivity index (χ1n) is 7.83.